The van der Waals surface area contributed by atoms with Crippen LogP contribution in [0.5, 0.6) is 0 Å². The highest BCUT2D eigenvalue weighted by molar-refractivity contribution is 7.91. The summed E-state index contributed by atoms with van der Waals surface area (Å²) in [5, 5.41) is 0.0950. The SMILES string of the molecule is Cc1cc(S(=O)(=O)CCCCl)nc(C)n1. The van der Waals surface area contributed by atoms with Crippen LogP contribution in [0.1, 0.15) is 17.9 Å². The number of hydrogen-bond donors (Lipinski definition) is 0. The molecular formula is C9H13ClN2O2S. The van der Waals surface area contributed by atoms with E-state index in [0.717, 1.165) is 0 Å². The first-order valence-electron chi connectivity index (χ1n) is 4.57. The lowest BCUT2D eigenvalue weighted by molar-refractivity contribution is 0.589. The smallest absolute Gasteiger partial charge is 0.195 e. The molecule has 0 aromatic carbocycles. The highest BCUT2D eigenvalue weighted by Gasteiger charge is 2.16. The zero-order chi connectivity index (χ0) is 11.5. The van der Waals surface area contributed by atoms with E-state index in [1.54, 1.807) is 13.8 Å². The molecule has 0 aliphatic heterocycles. The van der Waals surface area contributed by atoms with E-state index in [0.29, 0.717) is 23.8 Å². The third-order valence-electron chi connectivity index (χ3n) is 1.81. The molecule has 1 aromatic rings. The lowest BCUT2D eigenvalue weighted by atomic mass is 10.4. The minimum absolute atomic E-state index is 0.0341. The molecule has 0 amide bonds. The highest BCUT2D eigenvalue weighted by Crippen LogP contribution is 2.10. The molecule has 0 aliphatic carbocycles. The monoisotopic (exact) mass is 248 g/mol. The maximum atomic E-state index is 11.7. The summed E-state index contributed by atoms with van der Waals surface area (Å²) in [6.45, 7) is 3.42. The van der Waals surface area contributed by atoms with Gasteiger partial charge in [-0.05, 0) is 26.3 Å². The predicted molar refractivity (Wildman–Crippen MR) is 58.9 cm³/mol. The van der Waals surface area contributed by atoms with Gasteiger partial charge < -0.3 is 0 Å². The lowest BCUT2D eigenvalue weighted by Gasteiger charge is -2.04. The summed E-state index contributed by atoms with van der Waals surface area (Å²) in [5.74, 6) is 0.841. The van der Waals surface area contributed by atoms with Crippen molar-refractivity contribution >= 4 is 21.4 Å². The van der Waals surface area contributed by atoms with Crippen molar-refractivity contribution < 1.29 is 8.42 Å². The molecule has 0 bridgehead atoms. The molecule has 84 valence electrons. The second kappa shape index (κ2) is 4.90. The second-order valence-corrected chi connectivity index (χ2v) is 5.69. The largest absolute Gasteiger partial charge is 0.238 e. The van der Waals surface area contributed by atoms with Crippen LogP contribution in [0.25, 0.3) is 0 Å². The summed E-state index contributed by atoms with van der Waals surface area (Å²) in [5.41, 5.74) is 0.659. The van der Waals surface area contributed by atoms with E-state index in [-0.39, 0.29) is 10.8 Å². The van der Waals surface area contributed by atoms with Crippen LogP contribution in [0.15, 0.2) is 11.1 Å². The maximum Gasteiger partial charge on any atom is 0.195 e. The van der Waals surface area contributed by atoms with E-state index >= 15 is 0 Å². The molecule has 15 heavy (non-hydrogen) atoms. The first-order chi connectivity index (χ1) is 6.95. The van der Waals surface area contributed by atoms with Gasteiger partial charge in [-0.1, -0.05) is 0 Å². The first-order valence-corrected chi connectivity index (χ1v) is 6.75. The molecule has 0 atom stereocenters. The zero-order valence-electron chi connectivity index (χ0n) is 8.70. The van der Waals surface area contributed by atoms with Crippen molar-refractivity contribution in [3.05, 3.63) is 17.6 Å². The summed E-state index contributed by atoms with van der Waals surface area (Å²) in [6, 6.07) is 1.48. The molecule has 1 rings (SSSR count). The molecule has 0 N–H and O–H groups in total. The molecule has 0 fully saturated rings. The van der Waals surface area contributed by atoms with E-state index in [4.69, 9.17) is 11.6 Å². The van der Waals surface area contributed by atoms with Crippen LogP contribution in [-0.2, 0) is 9.84 Å². The summed E-state index contributed by atoms with van der Waals surface area (Å²) >= 11 is 5.46. The standard InChI is InChI=1S/C9H13ClN2O2S/c1-7-6-9(12-8(2)11-7)15(13,14)5-3-4-10/h6H,3-5H2,1-2H3. The van der Waals surface area contributed by atoms with Gasteiger partial charge in [0.05, 0.1) is 5.75 Å². The molecule has 0 spiro atoms. The number of rotatable bonds is 4. The molecule has 0 radical (unpaired) electrons. The van der Waals surface area contributed by atoms with Crippen molar-refractivity contribution in [3.8, 4) is 0 Å². The molecular weight excluding hydrogens is 236 g/mol. The molecule has 1 aromatic heterocycles. The third-order valence-corrected chi connectivity index (χ3v) is 3.75. The zero-order valence-corrected chi connectivity index (χ0v) is 10.3. The molecule has 0 aliphatic rings. The third kappa shape index (κ3) is 3.43. The van der Waals surface area contributed by atoms with Crippen molar-refractivity contribution in [2.45, 2.75) is 25.3 Å². The Morgan fingerprint density at radius 1 is 1.33 bits per heavy atom. The summed E-state index contributed by atoms with van der Waals surface area (Å²) in [4.78, 5) is 7.94. The number of hydrogen-bond acceptors (Lipinski definition) is 4. The Bertz CT molecular complexity index is 425. The van der Waals surface area contributed by atoms with E-state index in [9.17, 15) is 8.42 Å². The van der Waals surface area contributed by atoms with Gasteiger partial charge in [-0.15, -0.1) is 11.6 Å². The summed E-state index contributed by atoms with van der Waals surface area (Å²) < 4.78 is 23.5. The topological polar surface area (TPSA) is 59.9 Å². The van der Waals surface area contributed by atoms with Gasteiger partial charge in [-0.25, -0.2) is 18.4 Å². The molecule has 0 saturated carbocycles. The molecule has 4 nitrogen and oxygen atoms in total. The minimum atomic E-state index is -3.30. The minimum Gasteiger partial charge on any atom is -0.238 e. The predicted octanol–water partition coefficient (Wildman–Crippen LogP) is 1.50. The van der Waals surface area contributed by atoms with Crippen molar-refractivity contribution in [2.75, 3.05) is 11.6 Å². The van der Waals surface area contributed by atoms with Crippen molar-refractivity contribution in [2.24, 2.45) is 0 Å². The van der Waals surface area contributed by atoms with Crippen molar-refractivity contribution in [1.82, 2.24) is 9.97 Å². The van der Waals surface area contributed by atoms with Crippen LogP contribution >= 0.6 is 11.6 Å². The van der Waals surface area contributed by atoms with Gasteiger partial charge in [0.2, 0.25) is 0 Å². The first kappa shape index (κ1) is 12.4. The Morgan fingerprint density at radius 2 is 2.00 bits per heavy atom. The van der Waals surface area contributed by atoms with Gasteiger partial charge in [0.1, 0.15) is 5.82 Å². The number of sulfone groups is 1. The van der Waals surface area contributed by atoms with E-state index in [1.807, 2.05) is 0 Å². The molecule has 6 heteroatoms. The number of aromatic nitrogens is 2. The van der Waals surface area contributed by atoms with Crippen LogP contribution in [0.4, 0.5) is 0 Å². The fraction of sp³-hybridized carbons (Fsp3) is 0.556. The van der Waals surface area contributed by atoms with Gasteiger partial charge in [0.15, 0.2) is 14.9 Å². The maximum absolute atomic E-state index is 11.7. The Labute approximate surface area is 94.6 Å². The van der Waals surface area contributed by atoms with Gasteiger partial charge in [0.25, 0.3) is 0 Å². The van der Waals surface area contributed by atoms with Crippen LogP contribution in [-0.4, -0.2) is 30.0 Å². The average Bonchev–Trinajstić information content (AvgIpc) is 2.13. The van der Waals surface area contributed by atoms with E-state index in [2.05, 4.69) is 9.97 Å². The average molecular weight is 249 g/mol. The van der Waals surface area contributed by atoms with E-state index < -0.39 is 9.84 Å². The van der Waals surface area contributed by atoms with Gasteiger partial charge >= 0.3 is 0 Å². The highest BCUT2D eigenvalue weighted by atomic mass is 35.5. The normalized spacial score (nSPS) is 11.7. The molecule has 0 unspecified atom stereocenters. The Balaban J connectivity index is 3.04. The Morgan fingerprint density at radius 3 is 2.53 bits per heavy atom. The Kier molecular flexibility index (Phi) is 4.04. The number of aryl methyl sites for hydroxylation is 2. The number of halogens is 1. The lowest BCUT2D eigenvalue weighted by Crippen LogP contribution is -2.11. The van der Waals surface area contributed by atoms with Crippen LogP contribution in [0.3, 0.4) is 0 Å². The number of alkyl halides is 1. The van der Waals surface area contributed by atoms with Gasteiger partial charge in [0, 0.05) is 11.6 Å². The van der Waals surface area contributed by atoms with Gasteiger partial charge in [-0.2, -0.15) is 0 Å². The quantitative estimate of drug-likeness (QED) is 0.599. The Hall–Kier alpha value is -0.680. The van der Waals surface area contributed by atoms with Crippen LogP contribution in [0.2, 0.25) is 0 Å². The molecule has 1 heterocycles. The van der Waals surface area contributed by atoms with Crippen molar-refractivity contribution in [1.29, 1.82) is 0 Å². The van der Waals surface area contributed by atoms with Crippen molar-refractivity contribution in [3.63, 3.8) is 0 Å². The van der Waals surface area contributed by atoms with E-state index in [1.165, 1.54) is 6.07 Å². The fourth-order valence-electron chi connectivity index (χ4n) is 1.19. The molecule has 0 saturated heterocycles. The fourth-order valence-corrected chi connectivity index (χ4v) is 2.84. The summed E-state index contributed by atoms with van der Waals surface area (Å²) in [6.07, 6.45) is 0.436. The van der Waals surface area contributed by atoms with Crippen LogP contribution < -0.4 is 0 Å². The second-order valence-electron chi connectivity index (χ2n) is 3.26. The van der Waals surface area contributed by atoms with Gasteiger partial charge in [-0.3, -0.25) is 0 Å². The summed E-state index contributed by atoms with van der Waals surface area (Å²) in [7, 11) is -3.30. The number of nitrogens with zero attached hydrogens (tertiary/aromatic N) is 2. The van der Waals surface area contributed by atoms with Crippen LogP contribution in [0, 0.1) is 13.8 Å².